The number of imidazole rings is 1. The molecule has 0 spiro atoms. The minimum Gasteiger partial charge on any atom is -0.322 e. The van der Waals surface area contributed by atoms with Gasteiger partial charge in [-0.25, -0.2) is 4.98 Å². The van der Waals surface area contributed by atoms with E-state index in [1.54, 1.807) is 0 Å². The van der Waals surface area contributed by atoms with Gasteiger partial charge in [-0.05, 0) is 49.3 Å². The fourth-order valence-corrected chi connectivity index (χ4v) is 3.92. The van der Waals surface area contributed by atoms with Crippen LogP contribution in [0.25, 0.3) is 5.65 Å². The van der Waals surface area contributed by atoms with Gasteiger partial charge in [0.1, 0.15) is 5.65 Å². The zero-order valence-electron chi connectivity index (χ0n) is 14.0. The Morgan fingerprint density at radius 3 is 2.82 bits per heavy atom. The van der Waals surface area contributed by atoms with Crippen molar-refractivity contribution >= 4 is 5.65 Å². The largest absolute Gasteiger partial charge is 0.322 e. The molecule has 0 amide bonds. The number of unbranched alkanes of at least 4 members (excludes halogenated alkanes) is 1. The second-order valence-electron chi connectivity index (χ2n) is 7.06. The average molecular weight is 299 g/mol. The molecule has 1 aliphatic rings. The first-order chi connectivity index (χ1) is 10.7. The molecule has 3 rings (SSSR count). The van der Waals surface area contributed by atoms with Gasteiger partial charge in [-0.3, -0.25) is 0 Å². The Kier molecular flexibility index (Phi) is 4.82. The summed E-state index contributed by atoms with van der Waals surface area (Å²) in [6, 6.07) is 4.37. The fraction of sp³-hybridized carbons (Fsp3) is 0.632. The number of rotatable bonds is 5. The van der Waals surface area contributed by atoms with Crippen molar-refractivity contribution in [1.29, 1.82) is 0 Å². The highest BCUT2D eigenvalue weighted by molar-refractivity contribution is 5.43. The van der Waals surface area contributed by atoms with Gasteiger partial charge < -0.3 is 10.1 Å². The SMILES string of the molecule is CCCCC1CCC(C(N)c2cnc3cc(C)ccn23)CC1. The first-order valence-corrected chi connectivity index (χ1v) is 8.88. The zero-order chi connectivity index (χ0) is 15.5. The molecule has 0 aliphatic heterocycles. The predicted octanol–water partition coefficient (Wildman–Crippen LogP) is 4.64. The molecule has 0 bridgehead atoms. The summed E-state index contributed by atoms with van der Waals surface area (Å²) in [4.78, 5) is 4.53. The maximum absolute atomic E-state index is 6.60. The Morgan fingerprint density at radius 2 is 2.09 bits per heavy atom. The van der Waals surface area contributed by atoms with Crippen LogP contribution in [0.15, 0.2) is 24.5 Å². The minimum absolute atomic E-state index is 0.116. The van der Waals surface area contributed by atoms with E-state index in [9.17, 15) is 0 Å². The second kappa shape index (κ2) is 6.82. The highest BCUT2D eigenvalue weighted by Gasteiger charge is 2.27. The van der Waals surface area contributed by atoms with Crippen molar-refractivity contribution in [2.75, 3.05) is 0 Å². The van der Waals surface area contributed by atoms with E-state index < -0.39 is 0 Å². The van der Waals surface area contributed by atoms with Crippen LogP contribution in [0.2, 0.25) is 0 Å². The van der Waals surface area contributed by atoms with Gasteiger partial charge in [0.05, 0.1) is 11.9 Å². The Bertz CT molecular complexity index is 608. The monoisotopic (exact) mass is 299 g/mol. The van der Waals surface area contributed by atoms with Gasteiger partial charge in [-0.15, -0.1) is 0 Å². The number of aromatic nitrogens is 2. The van der Waals surface area contributed by atoms with Crippen LogP contribution in [-0.2, 0) is 0 Å². The van der Waals surface area contributed by atoms with Gasteiger partial charge in [0.25, 0.3) is 0 Å². The topological polar surface area (TPSA) is 43.3 Å². The molecule has 3 nitrogen and oxygen atoms in total. The molecular weight excluding hydrogens is 270 g/mol. The van der Waals surface area contributed by atoms with Crippen LogP contribution in [0.1, 0.15) is 69.2 Å². The summed E-state index contributed by atoms with van der Waals surface area (Å²) in [7, 11) is 0. The first-order valence-electron chi connectivity index (χ1n) is 8.88. The number of fused-ring (bicyclic) bond motifs is 1. The molecule has 2 aromatic rings. The third-order valence-electron chi connectivity index (χ3n) is 5.40. The van der Waals surface area contributed by atoms with Gasteiger partial charge in [-0.1, -0.05) is 39.0 Å². The van der Waals surface area contributed by atoms with Crippen molar-refractivity contribution in [3.63, 3.8) is 0 Å². The highest BCUT2D eigenvalue weighted by Crippen LogP contribution is 2.37. The lowest BCUT2D eigenvalue weighted by molar-refractivity contribution is 0.230. The summed E-state index contributed by atoms with van der Waals surface area (Å²) >= 11 is 0. The molecule has 2 heterocycles. The molecule has 1 unspecified atom stereocenters. The van der Waals surface area contributed by atoms with Crippen LogP contribution in [0, 0.1) is 18.8 Å². The van der Waals surface area contributed by atoms with E-state index >= 15 is 0 Å². The van der Waals surface area contributed by atoms with E-state index in [1.807, 2.05) is 6.20 Å². The number of hydrogen-bond donors (Lipinski definition) is 1. The Morgan fingerprint density at radius 1 is 1.32 bits per heavy atom. The zero-order valence-corrected chi connectivity index (χ0v) is 14.0. The number of pyridine rings is 1. The van der Waals surface area contributed by atoms with Crippen LogP contribution in [-0.4, -0.2) is 9.38 Å². The third kappa shape index (κ3) is 3.19. The molecule has 2 aromatic heterocycles. The molecule has 22 heavy (non-hydrogen) atoms. The minimum atomic E-state index is 0.116. The molecule has 1 atom stereocenters. The standard InChI is InChI=1S/C19H29N3/c1-3-4-5-15-6-8-16(9-7-15)19(20)17-13-21-18-12-14(2)10-11-22(17)18/h10-13,15-16,19H,3-9,20H2,1-2H3. The Balaban J connectivity index is 1.67. The van der Waals surface area contributed by atoms with Crippen LogP contribution in [0.5, 0.6) is 0 Å². The van der Waals surface area contributed by atoms with Gasteiger partial charge in [0.2, 0.25) is 0 Å². The Labute approximate surface area is 133 Å². The lowest BCUT2D eigenvalue weighted by Gasteiger charge is -2.32. The molecule has 1 fully saturated rings. The molecule has 0 aromatic carbocycles. The van der Waals surface area contributed by atoms with E-state index in [0.29, 0.717) is 5.92 Å². The quantitative estimate of drug-likeness (QED) is 0.874. The van der Waals surface area contributed by atoms with Gasteiger partial charge >= 0.3 is 0 Å². The molecule has 1 saturated carbocycles. The summed E-state index contributed by atoms with van der Waals surface area (Å²) in [6.45, 7) is 4.39. The number of nitrogens with two attached hydrogens (primary N) is 1. The van der Waals surface area contributed by atoms with Crippen molar-refractivity contribution in [3.05, 3.63) is 35.8 Å². The van der Waals surface area contributed by atoms with Crippen molar-refractivity contribution in [1.82, 2.24) is 9.38 Å². The lowest BCUT2D eigenvalue weighted by atomic mass is 9.76. The van der Waals surface area contributed by atoms with Crippen LogP contribution in [0.4, 0.5) is 0 Å². The van der Waals surface area contributed by atoms with E-state index in [2.05, 4.69) is 41.6 Å². The lowest BCUT2D eigenvalue weighted by Crippen LogP contribution is -2.27. The normalized spacial score (nSPS) is 23.8. The van der Waals surface area contributed by atoms with E-state index in [4.69, 9.17) is 5.73 Å². The summed E-state index contributed by atoms with van der Waals surface area (Å²) in [5, 5.41) is 0. The maximum Gasteiger partial charge on any atom is 0.137 e. The van der Waals surface area contributed by atoms with Crippen molar-refractivity contribution in [2.45, 2.75) is 64.8 Å². The van der Waals surface area contributed by atoms with Crippen LogP contribution >= 0.6 is 0 Å². The van der Waals surface area contributed by atoms with E-state index in [0.717, 1.165) is 11.6 Å². The second-order valence-corrected chi connectivity index (χ2v) is 7.06. The Hall–Kier alpha value is -1.35. The predicted molar refractivity (Wildman–Crippen MR) is 91.8 cm³/mol. The molecule has 120 valence electrons. The van der Waals surface area contributed by atoms with Gasteiger partial charge in [0, 0.05) is 12.2 Å². The molecular formula is C19H29N3. The molecule has 2 N–H and O–H groups in total. The fourth-order valence-electron chi connectivity index (χ4n) is 3.92. The molecule has 3 heteroatoms. The highest BCUT2D eigenvalue weighted by atomic mass is 15.0. The maximum atomic E-state index is 6.60. The van der Waals surface area contributed by atoms with Crippen molar-refractivity contribution in [2.24, 2.45) is 17.6 Å². The first kappa shape index (κ1) is 15.5. The van der Waals surface area contributed by atoms with Gasteiger partial charge in [0.15, 0.2) is 0 Å². The number of nitrogens with zero attached hydrogens (tertiary/aromatic N) is 2. The summed E-state index contributed by atoms with van der Waals surface area (Å²) in [5.74, 6) is 1.55. The third-order valence-corrected chi connectivity index (χ3v) is 5.40. The summed E-state index contributed by atoms with van der Waals surface area (Å²) in [5.41, 5.74) is 10.0. The van der Waals surface area contributed by atoms with Gasteiger partial charge in [-0.2, -0.15) is 0 Å². The van der Waals surface area contributed by atoms with Crippen molar-refractivity contribution in [3.8, 4) is 0 Å². The van der Waals surface area contributed by atoms with Crippen LogP contribution < -0.4 is 5.73 Å². The average Bonchev–Trinajstić information content (AvgIpc) is 2.95. The van der Waals surface area contributed by atoms with Crippen molar-refractivity contribution < 1.29 is 0 Å². The number of hydrogen-bond acceptors (Lipinski definition) is 2. The van der Waals surface area contributed by atoms with E-state index in [1.165, 1.54) is 56.2 Å². The smallest absolute Gasteiger partial charge is 0.137 e. The number of aryl methyl sites for hydroxylation is 1. The summed E-state index contributed by atoms with van der Waals surface area (Å²) in [6.07, 6.45) is 13.5. The van der Waals surface area contributed by atoms with Crippen LogP contribution in [0.3, 0.4) is 0 Å². The molecule has 0 radical (unpaired) electrons. The summed E-state index contributed by atoms with van der Waals surface area (Å²) < 4.78 is 2.17. The van der Waals surface area contributed by atoms with E-state index in [-0.39, 0.29) is 6.04 Å². The molecule has 0 saturated heterocycles. The molecule has 1 aliphatic carbocycles.